The topological polar surface area (TPSA) is 52.6 Å². The standard InChI is InChI=1S/C18H17BrO4/c1-22-16(20)14-11-13(12-7-3-2-4-8-12)18(17(21)23-14)10-6-5-9-15(18)19/h2-4,7-9,11,13H,5-6,10H2,1H3/t13-,18+/m0/s1. The van der Waals surface area contributed by atoms with E-state index in [4.69, 9.17) is 9.47 Å². The molecule has 1 aromatic carbocycles. The van der Waals surface area contributed by atoms with Crippen molar-refractivity contribution in [2.45, 2.75) is 25.2 Å². The minimum absolute atomic E-state index is 0.0390. The first kappa shape index (κ1) is 16.0. The third kappa shape index (κ3) is 2.63. The maximum atomic E-state index is 12.9. The van der Waals surface area contributed by atoms with Gasteiger partial charge in [0.25, 0.3) is 0 Å². The van der Waals surface area contributed by atoms with Crippen molar-refractivity contribution >= 4 is 27.9 Å². The van der Waals surface area contributed by atoms with Crippen molar-refractivity contribution in [3.05, 3.63) is 58.3 Å². The van der Waals surface area contributed by atoms with Crippen LogP contribution in [0.4, 0.5) is 0 Å². The van der Waals surface area contributed by atoms with Gasteiger partial charge in [0.1, 0.15) is 5.41 Å². The minimum atomic E-state index is -0.808. The molecule has 5 heteroatoms. The fourth-order valence-electron chi connectivity index (χ4n) is 3.31. The Morgan fingerprint density at radius 2 is 2.09 bits per heavy atom. The molecule has 2 atom stereocenters. The first-order chi connectivity index (χ1) is 11.1. The van der Waals surface area contributed by atoms with Gasteiger partial charge in [0, 0.05) is 10.4 Å². The Balaban J connectivity index is 2.17. The van der Waals surface area contributed by atoms with Gasteiger partial charge in [0.05, 0.1) is 7.11 Å². The van der Waals surface area contributed by atoms with Gasteiger partial charge in [-0.1, -0.05) is 52.3 Å². The quantitative estimate of drug-likeness (QED) is 0.735. The number of rotatable bonds is 2. The minimum Gasteiger partial charge on any atom is -0.463 e. The van der Waals surface area contributed by atoms with Gasteiger partial charge in [-0.2, -0.15) is 0 Å². The van der Waals surface area contributed by atoms with Crippen LogP contribution in [-0.4, -0.2) is 19.0 Å². The monoisotopic (exact) mass is 376 g/mol. The second-order valence-corrected chi connectivity index (χ2v) is 6.57. The zero-order chi connectivity index (χ0) is 16.4. The molecule has 0 fully saturated rings. The molecule has 23 heavy (non-hydrogen) atoms. The van der Waals surface area contributed by atoms with Crippen molar-refractivity contribution in [1.29, 1.82) is 0 Å². The summed E-state index contributed by atoms with van der Waals surface area (Å²) in [5.74, 6) is -1.35. The van der Waals surface area contributed by atoms with E-state index in [1.54, 1.807) is 6.08 Å². The molecule has 0 saturated carbocycles. The molecule has 0 saturated heterocycles. The molecule has 0 N–H and O–H groups in total. The van der Waals surface area contributed by atoms with E-state index in [0.29, 0.717) is 6.42 Å². The number of allylic oxidation sites excluding steroid dienone is 2. The SMILES string of the molecule is COC(=O)C1=C[C@@H](c2ccccc2)[C@@]2(CCCC=C2Br)C(=O)O1. The molecule has 2 aliphatic rings. The summed E-state index contributed by atoms with van der Waals surface area (Å²) in [5, 5.41) is 0. The lowest BCUT2D eigenvalue weighted by atomic mass is 9.65. The molecule has 1 spiro atoms. The highest BCUT2D eigenvalue weighted by atomic mass is 79.9. The molecular weight excluding hydrogens is 360 g/mol. The van der Waals surface area contributed by atoms with Crippen molar-refractivity contribution in [3.63, 3.8) is 0 Å². The van der Waals surface area contributed by atoms with E-state index in [1.165, 1.54) is 7.11 Å². The molecular formula is C18H17BrO4. The Morgan fingerprint density at radius 3 is 2.74 bits per heavy atom. The zero-order valence-corrected chi connectivity index (χ0v) is 14.3. The van der Waals surface area contributed by atoms with Gasteiger partial charge >= 0.3 is 11.9 Å². The van der Waals surface area contributed by atoms with Crippen LogP contribution in [0.5, 0.6) is 0 Å². The number of hydrogen-bond acceptors (Lipinski definition) is 4. The number of ether oxygens (including phenoxy) is 2. The van der Waals surface area contributed by atoms with E-state index in [2.05, 4.69) is 15.9 Å². The largest absolute Gasteiger partial charge is 0.463 e. The Morgan fingerprint density at radius 1 is 1.35 bits per heavy atom. The van der Waals surface area contributed by atoms with Crippen LogP contribution in [0.2, 0.25) is 0 Å². The van der Waals surface area contributed by atoms with Crippen LogP contribution in [-0.2, 0) is 19.1 Å². The van der Waals surface area contributed by atoms with E-state index in [1.807, 2.05) is 36.4 Å². The Kier molecular flexibility index (Phi) is 4.39. The van der Waals surface area contributed by atoms with Gasteiger partial charge in [-0.25, -0.2) is 4.79 Å². The van der Waals surface area contributed by atoms with Gasteiger partial charge in [-0.05, 0) is 30.9 Å². The summed E-state index contributed by atoms with van der Waals surface area (Å²) < 4.78 is 10.9. The van der Waals surface area contributed by atoms with Gasteiger partial charge in [-0.3, -0.25) is 4.79 Å². The number of esters is 2. The van der Waals surface area contributed by atoms with Crippen molar-refractivity contribution in [2.75, 3.05) is 7.11 Å². The van der Waals surface area contributed by atoms with Crippen LogP contribution < -0.4 is 0 Å². The lowest BCUT2D eigenvalue weighted by molar-refractivity contribution is -0.159. The van der Waals surface area contributed by atoms with Crippen LogP contribution in [0.25, 0.3) is 0 Å². The van der Waals surface area contributed by atoms with E-state index >= 15 is 0 Å². The smallest absolute Gasteiger partial charge is 0.373 e. The third-order valence-corrected chi connectivity index (χ3v) is 5.52. The molecule has 1 aliphatic heterocycles. The molecule has 3 rings (SSSR count). The first-order valence-corrected chi connectivity index (χ1v) is 8.32. The van der Waals surface area contributed by atoms with Crippen LogP contribution in [0, 0.1) is 5.41 Å². The second-order valence-electron chi connectivity index (χ2n) is 5.72. The maximum Gasteiger partial charge on any atom is 0.373 e. The fourth-order valence-corrected chi connectivity index (χ4v) is 4.15. The summed E-state index contributed by atoms with van der Waals surface area (Å²) >= 11 is 3.57. The summed E-state index contributed by atoms with van der Waals surface area (Å²) in [4.78, 5) is 24.7. The molecule has 0 unspecified atom stereocenters. The number of carbonyl (C=O) groups excluding carboxylic acids is 2. The lowest BCUT2D eigenvalue weighted by Crippen LogP contribution is -2.43. The molecule has 0 radical (unpaired) electrons. The zero-order valence-electron chi connectivity index (χ0n) is 12.8. The number of halogens is 1. The fraction of sp³-hybridized carbons (Fsp3) is 0.333. The number of cyclic esters (lactones) is 1. The molecule has 1 aromatic rings. The van der Waals surface area contributed by atoms with Crippen LogP contribution in [0.15, 0.2) is 52.7 Å². The Bertz CT molecular complexity index is 692. The number of methoxy groups -OCH3 is 1. The predicted molar refractivity (Wildman–Crippen MR) is 88.7 cm³/mol. The van der Waals surface area contributed by atoms with E-state index in [-0.39, 0.29) is 11.7 Å². The van der Waals surface area contributed by atoms with Crippen molar-refractivity contribution in [2.24, 2.45) is 5.41 Å². The van der Waals surface area contributed by atoms with Gasteiger partial charge in [0.2, 0.25) is 5.76 Å². The highest BCUT2D eigenvalue weighted by molar-refractivity contribution is 9.11. The van der Waals surface area contributed by atoms with E-state index in [0.717, 1.165) is 22.9 Å². The van der Waals surface area contributed by atoms with Crippen molar-refractivity contribution in [3.8, 4) is 0 Å². The second kappa shape index (κ2) is 6.32. The normalized spacial score (nSPS) is 27.0. The predicted octanol–water partition coefficient (Wildman–Crippen LogP) is 3.83. The highest BCUT2D eigenvalue weighted by Gasteiger charge is 2.53. The van der Waals surface area contributed by atoms with Crippen molar-refractivity contribution in [1.82, 2.24) is 0 Å². The molecule has 0 aromatic heterocycles. The summed E-state index contributed by atoms with van der Waals surface area (Å²) in [6.45, 7) is 0. The van der Waals surface area contributed by atoms with Gasteiger partial charge in [0.15, 0.2) is 0 Å². The molecule has 0 bridgehead atoms. The highest BCUT2D eigenvalue weighted by Crippen LogP contribution is 2.54. The number of hydrogen-bond donors (Lipinski definition) is 0. The summed E-state index contributed by atoms with van der Waals surface area (Å²) in [6.07, 6.45) is 6.23. The maximum absolute atomic E-state index is 12.9. The first-order valence-electron chi connectivity index (χ1n) is 7.53. The lowest BCUT2D eigenvalue weighted by Gasteiger charge is -2.42. The Hall–Kier alpha value is -1.88. The van der Waals surface area contributed by atoms with E-state index in [9.17, 15) is 9.59 Å². The number of benzene rings is 1. The number of carbonyl (C=O) groups is 2. The van der Waals surface area contributed by atoms with Crippen LogP contribution in [0.1, 0.15) is 30.7 Å². The molecule has 120 valence electrons. The average Bonchev–Trinajstić information content (AvgIpc) is 2.59. The third-order valence-electron chi connectivity index (χ3n) is 4.49. The van der Waals surface area contributed by atoms with E-state index < -0.39 is 17.4 Å². The summed E-state index contributed by atoms with van der Waals surface area (Å²) in [7, 11) is 1.27. The average molecular weight is 377 g/mol. The Labute approximate surface area is 143 Å². The summed E-state index contributed by atoms with van der Waals surface area (Å²) in [6, 6.07) is 9.70. The molecule has 1 aliphatic carbocycles. The van der Waals surface area contributed by atoms with Gasteiger partial charge < -0.3 is 9.47 Å². The van der Waals surface area contributed by atoms with Crippen molar-refractivity contribution < 1.29 is 19.1 Å². The molecule has 0 amide bonds. The molecule has 4 nitrogen and oxygen atoms in total. The van der Waals surface area contributed by atoms with Crippen LogP contribution in [0.3, 0.4) is 0 Å². The summed E-state index contributed by atoms with van der Waals surface area (Å²) in [5.41, 5.74) is 0.162. The van der Waals surface area contributed by atoms with Gasteiger partial charge in [-0.15, -0.1) is 0 Å². The molecule has 1 heterocycles. The van der Waals surface area contributed by atoms with Crippen LogP contribution >= 0.6 is 15.9 Å².